The van der Waals surface area contributed by atoms with Gasteiger partial charge in [-0.15, -0.1) is 0 Å². The molecule has 198 valence electrons. The Morgan fingerprint density at radius 1 is 0.868 bits per heavy atom. The third kappa shape index (κ3) is 5.74. The molecule has 0 aromatic heterocycles. The molecule has 3 aromatic rings. The second kappa shape index (κ2) is 12.1. The van der Waals surface area contributed by atoms with Crippen LogP contribution in [0.1, 0.15) is 52.7 Å². The molecule has 5 rings (SSSR count). The van der Waals surface area contributed by atoms with Gasteiger partial charge in [-0.05, 0) is 110 Å². The van der Waals surface area contributed by atoms with Gasteiger partial charge in [-0.25, -0.2) is 0 Å². The number of carbonyl (C=O) groups is 1. The van der Waals surface area contributed by atoms with Crippen molar-refractivity contribution in [3.05, 3.63) is 87.9 Å². The van der Waals surface area contributed by atoms with Gasteiger partial charge in [0.25, 0.3) is 0 Å². The number of Topliss-reactive ketones (excluding diaryl/α,β-unsaturated/α-hetero) is 1. The van der Waals surface area contributed by atoms with Crippen LogP contribution in [-0.4, -0.2) is 51.1 Å². The Morgan fingerprint density at radius 2 is 1.63 bits per heavy atom. The summed E-state index contributed by atoms with van der Waals surface area (Å²) in [5.74, 6) is 2.17. The number of allylic oxidation sites excluding steroid dienone is 2. The minimum Gasteiger partial charge on any atom is -0.497 e. The molecule has 5 nitrogen and oxygen atoms in total. The van der Waals surface area contributed by atoms with Crippen molar-refractivity contribution in [2.75, 3.05) is 40.5 Å². The average Bonchev–Trinajstić information content (AvgIpc) is 2.96. The Labute approximate surface area is 230 Å². The lowest BCUT2D eigenvalue weighted by molar-refractivity contribution is 0.105. The topological polar surface area (TPSA) is 48.0 Å². The Bertz CT molecular complexity index is 1330. The standard InChI is InChI=1S/C32H34ClNO4/c1-36-26-12-14-28-23(20-26)8-13-27(24-9-15-30(37-2)29(33)21-24)31(28)32(35)22-6-10-25(11-7-22)38-19-18-34-16-4-3-5-17-34/h6-7,9-12,14-15,20-21H,3-5,8,13,16-19H2,1-2H3. The second-order valence-electron chi connectivity index (χ2n) is 9.83. The maximum Gasteiger partial charge on any atom is 0.193 e. The molecule has 0 amide bonds. The highest BCUT2D eigenvalue weighted by Crippen LogP contribution is 2.41. The molecule has 1 fully saturated rings. The zero-order chi connectivity index (χ0) is 26.5. The summed E-state index contributed by atoms with van der Waals surface area (Å²) in [4.78, 5) is 16.5. The molecule has 0 saturated carbocycles. The molecule has 1 aliphatic carbocycles. The van der Waals surface area contributed by atoms with E-state index in [0.29, 0.717) is 28.5 Å². The minimum atomic E-state index is -0.0158. The number of likely N-dealkylation sites (tertiary alicyclic amines) is 1. The predicted octanol–water partition coefficient (Wildman–Crippen LogP) is 6.96. The first-order valence-corrected chi connectivity index (χ1v) is 13.7. The highest BCUT2D eigenvalue weighted by Gasteiger charge is 2.27. The van der Waals surface area contributed by atoms with Crippen LogP contribution in [0.5, 0.6) is 17.2 Å². The number of piperidine rings is 1. The van der Waals surface area contributed by atoms with Crippen LogP contribution in [0, 0.1) is 0 Å². The third-order valence-corrected chi connectivity index (χ3v) is 7.79. The molecule has 3 aromatic carbocycles. The van der Waals surface area contributed by atoms with E-state index in [-0.39, 0.29) is 5.78 Å². The summed E-state index contributed by atoms with van der Waals surface area (Å²) < 4.78 is 16.8. The fourth-order valence-electron chi connectivity index (χ4n) is 5.42. The molecular weight excluding hydrogens is 498 g/mol. The number of carbonyl (C=O) groups excluding carboxylic acids is 1. The predicted molar refractivity (Wildman–Crippen MR) is 153 cm³/mol. The number of hydrogen-bond donors (Lipinski definition) is 0. The van der Waals surface area contributed by atoms with Crippen LogP contribution < -0.4 is 14.2 Å². The van der Waals surface area contributed by atoms with Gasteiger partial charge in [0.2, 0.25) is 0 Å². The fraction of sp³-hybridized carbons (Fsp3) is 0.344. The first-order chi connectivity index (χ1) is 18.6. The van der Waals surface area contributed by atoms with E-state index >= 15 is 0 Å². The third-order valence-electron chi connectivity index (χ3n) is 7.50. The van der Waals surface area contributed by atoms with Gasteiger partial charge in [-0.2, -0.15) is 0 Å². The van der Waals surface area contributed by atoms with E-state index in [0.717, 1.165) is 66.2 Å². The minimum absolute atomic E-state index is 0.0158. The molecule has 0 spiro atoms. The van der Waals surface area contributed by atoms with E-state index in [9.17, 15) is 4.79 Å². The van der Waals surface area contributed by atoms with E-state index < -0.39 is 0 Å². The lowest BCUT2D eigenvalue weighted by Crippen LogP contribution is -2.33. The highest BCUT2D eigenvalue weighted by atomic mass is 35.5. The number of hydrogen-bond acceptors (Lipinski definition) is 5. The normalized spacial score (nSPS) is 15.7. The van der Waals surface area contributed by atoms with Crippen molar-refractivity contribution in [3.63, 3.8) is 0 Å². The van der Waals surface area contributed by atoms with Gasteiger partial charge in [0.15, 0.2) is 5.78 Å². The molecule has 1 aliphatic heterocycles. The number of ether oxygens (including phenoxy) is 3. The first-order valence-electron chi connectivity index (χ1n) is 13.3. The van der Waals surface area contributed by atoms with E-state index in [1.54, 1.807) is 14.2 Å². The summed E-state index contributed by atoms with van der Waals surface area (Å²) in [6.45, 7) is 3.89. The monoisotopic (exact) mass is 531 g/mol. The molecular formula is C32H34ClNO4. The number of benzene rings is 3. The lowest BCUT2D eigenvalue weighted by Gasteiger charge is -2.26. The summed E-state index contributed by atoms with van der Waals surface area (Å²) in [6.07, 6.45) is 5.41. The quantitative estimate of drug-likeness (QED) is 0.279. The van der Waals surface area contributed by atoms with Crippen LogP contribution in [0.2, 0.25) is 5.02 Å². The van der Waals surface area contributed by atoms with Gasteiger partial charge in [-0.1, -0.05) is 30.2 Å². The van der Waals surface area contributed by atoms with Crippen LogP contribution in [0.4, 0.5) is 0 Å². The summed E-state index contributed by atoms with van der Waals surface area (Å²) in [5, 5.41) is 0.524. The summed E-state index contributed by atoms with van der Waals surface area (Å²) in [5.41, 5.74) is 5.29. The first kappa shape index (κ1) is 26.3. The molecule has 1 heterocycles. The van der Waals surface area contributed by atoms with Crippen LogP contribution in [0.15, 0.2) is 60.7 Å². The average molecular weight is 532 g/mol. The molecule has 6 heteroatoms. The van der Waals surface area contributed by atoms with Crippen LogP contribution in [0.3, 0.4) is 0 Å². The molecule has 0 atom stereocenters. The van der Waals surface area contributed by atoms with E-state index in [2.05, 4.69) is 4.90 Å². The molecule has 0 N–H and O–H groups in total. The van der Waals surface area contributed by atoms with Crippen LogP contribution in [0.25, 0.3) is 11.1 Å². The molecule has 0 unspecified atom stereocenters. The number of methoxy groups -OCH3 is 2. The van der Waals surface area contributed by atoms with Gasteiger partial charge < -0.3 is 14.2 Å². The number of ketones is 1. The zero-order valence-electron chi connectivity index (χ0n) is 22.1. The molecule has 2 aliphatic rings. The van der Waals surface area contributed by atoms with Gasteiger partial charge in [-0.3, -0.25) is 9.69 Å². The van der Waals surface area contributed by atoms with Crippen molar-refractivity contribution < 1.29 is 19.0 Å². The summed E-state index contributed by atoms with van der Waals surface area (Å²) >= 11 is 6.48. The van der Waals surface area contributed by atoms with Crippen LogP contribution in [-0.2, 0) is 6.42 Å². The van der Waals surface area contributed by atoms with Crippen molar-refractivity contribution in [2.45, 2.75) is 32.1 Å². The number of fused-ring (bicyclic) bond motifs is 1. The largest absolute Gasteiger partial charge is 0.497 e. The Hall–Kier alpha value is -3.28. The lowest BCUT2D eigenvalue weighted by atomic mass is 9.79. The number of nitrogens with zero attached hydrogens (tertiary/aromatic N) is 1. The summed E-state index contributed by atoms with van der Waals surface area (Å²) in [6, 6.07) is 19.2. The summed E-state index contributed by atoms with van der Waals surface area (Å²) in [7, 11) is 3.26. The molecule has 0 bridgehead atoms. The Kier molecular flexibility index (Phi) is 8.35. The fourth-order valence-corrected chi connectivity index (χ4v) is 5.68. The Morgan fingerprint density at radius 3 is 2.34 bits per heavy atom. The molecule has 1 saturated heterocycles. The van der Waals surface area contributed by atoms with Gasteiger partial charge in [0.1, 0.15) is 23.9 Å². The van der Waals surface area contributed by atoms with Crippen LogP contribution >= 0.6 is 11.6 Å². The molecule has 38 heavy (non-hydrogen) atoms. The maximum atomic E-state index is 14.0. The van der Waals surface area contributed by atoms with Crippen molar-refractivity contribution in [1.29, 1.82) is 0 Å². The van der Waals surface area contributed by atoms with E-state index in [4.69, 9.17) is 25.8 Å². The van der Waals surface area contributed by atoms with E-state index in [1.165, 1.54) is 19.3 Å². The van der Waals surface area contributed by atoms with E-state index in [1.807, 2.05) is 60.7 Å². The number of rotatable bonds is 9. The van der Waals surface area contributed by atoms with Crippen molar-refractivity contribution in [2.24, 2.45) is 0 Å². The van der Waals surface area contributed by atoms with Gasteiger partial charge in [0.05, 0.1) is 19.2 Å². The second-order valence-corrected chi connectivity index (χ2v) is 10.2. The van der Waals surface area contributed by atoms with Crippen molar-refractivity contribution >= 4 is 28.5 Å². The SMILES string of the molecule is COc1ccc2c(c1)CCC(c1ccc(OC)c(Cl)c1)=C2C(=O)c1ccc(OCCN2CCCCC2)cc1. The smallest absolute Gasteiger partial charge is 0.193 e. The molecule has 0 radical (unpaired) electrons. The number of aryl methyl sites for hydroxylation is 1. The zero-order valence-corrected chi connectivity index (χ0v) is 22.9. The highest BCUT2D eigenvalue weighted by molar-refractivity contribution is 6.35. The number of halogens is 1. The maximum absolute atomic E-state index is 14.0. The van der Waals surface area contributed by atoms with Gasteiger partial charge >= 0.3 is 0 Å². The van der Waals surface area contributed by atoms with Crippen molar-refractivity contribution in [1.82, 2.24) is 4.90 Å². The Balaban J connectivity index is 1.43. The van der Waals surface area contributed by atoms with Crippen molar-refractivity contribution in [3.8, 4) is 17.2 Å². The van der Waals surface area contributed by atoms with Gasteiger partial charge in [0, 0.05) is 17.7 Å².